The number of hydrogen-bond acceptors (Lipinski definition) is 4. The molecular formula is C28H30N2O3. The van der Waals surface area contributed by atoms with E-state index in [9.17, 15) is 9.59 Å². The number of fused-ring (bicyclic) bond motifs is 4. The van der Waals surface area contributed by atoms with Crippen LogP contribution < -0.4 is 5.56 Å². The van der Waals surface area contributed by atoms with Gasteiger partial charge in [-0.2, -0.15) is 0 Å². The second-order valence-electron chi connectivity index (χ2n) is 8.72. The molecule has 170 valence electrons. The molecule has 0 spiro atoms. The zero-order chi connectivity index (χ0) is 23.4. The van der Waals surface area contributed by atoms with Gasteiger partial charge in [0, 0.05) is 35.9 Å². The van der Waals surface area contributed by atoms with Gasteiger partial charge in [-0.15, -0.1) is 0 Å². The highest BCUT2D eigenvalue weighted by Crippen LogP contribution is 2.51. The molecule has 0 saturated heterocycles. The average molecular weight is 443 g/mol. The van der Waals surface area contributed by atoms with E-state index < -0.39 is 5.54 Å². The molecule has 1 N–H and O–H groups in total. The first-order valence-corrected chi connectivity index (χ1v) is 11.5. The van der Waals surface area contributed by atoms with E-state index in [-0.39, 0.29) is 17.4 Å². The first-order chi connectivity index (χ1) is 16.0. The number of nitrogens with zero attached hydrogens (tertiary/aromatic N) is 1. The van der Waals surface area contributed by atoms with Crippen molar-refractivity contribution in [3.05, 3.63) is 98.5 Å². The minimum atomic E-state index is -0.508. The van der Waals surface area contributed by atoms with E-state index in [1.165, 1.54) is 11.1 Å². The summed E-state index contributed by atoms with van der Waals surface area (Å²) < 4.78 is 5.23. The minimum Gasteiger partial charge on any atom is -0.462 e. The van der Waals surface area contributed by atoms with Crippen molar-refractivity contribution in [2.45, 2.75) is 45.6 Å². The Balaban J connectivity index is 1.64. The number of H-pyrrole nitrogens is 1. The number of hydrogen-bond donors (Lipinski definition) is 1. The van der Waals surface area contributed by atoms with Crippen LogP contribution in [-0.4, -0.2) is 23.8 Å². The van der Waals surface area contributed by atoms with Crippen LogP contribution >= 0.6 is 0 Å². The molecule has 0 unspecified atom stereocenters. The number of benzene rings is 1. The van der Waals surface area contributed by atoms with Gasteiger partial charge < -0.3 is 9.72 Å². The Labute approximate surface area is 194 Å². The fourth-order valence-corrected chi connectivity index (χ4v) is 5.02. The number of aromatic nitrogens is 1. The summed E-state index contributed by atoms with van der Waals surface area (Å²) in [6.45, 7) is 6.61. The fraction of sp³-hybridized carbons (Fsp3) is 0.321. The Kier molecular flexibility index (Phi) is 6.59. The van der Waals surface area contributed by atoms with Gasteiger partial charge in [-0.05, 0) is 62.1 Å². The van der Waals surface area contributed by atoms with E-state index in [2.05, 4.69) is 31.0 Å². The largest absolute Gasteiger partial charge is 0.462 e. The SMILES string of the molecule is C/C=C1\[C@H]2C=C(C)C[C@]1(N=C/C=C/c1cccc(C(=O)OCCC)c1)c1ccc(=O)[nH]c1C2. The molecule has 33 heavy (non-hydrogen) atoms. The van der Waals surface area contributed by atoms with Gasteiger partial charge in [0.1, 0.15) is 5.54 Å². The predicted octanol–water partition coefficient (Wildman–Crippen LogP) is 5.39. The van der Waals surface area contributed by atoms with Gasteiger partial charge >= 0.3 is 5.97 Å². The van der Waals surface area contributed by atoms with Gasteiger partial charge in [-0.25, -0.2) is 4.79 Å². The summed E-state index contributed by atoms with van der Waals surface area (Å²) in [5, 5.41) is 0. The third kappa shape index (κ3) is 4.54. The van der Waals surface area contributed by atoms with E-state index in [1.54, 1.807) is 12.1 Å². The van der Waals surface area contributed by atoms with Gasteiger partial charge in [0.05, 0.1) is 12.2 Å². The van der Waals surface area contributed by atoms with Gasteiger partial charge in [0.2, 0.25) is 5.56 Å². The number of pyridine rings is 1. The third-order valence-corrected chi connectivity index (χ3v) is 6.31. The first kappa shape index (κ1) is 22.7. The maximum Gasteiger partial charge on any atom is 0.338 e. The summed E-state index contributed by atoms with van der Waals surface area (Å²) in [6, 6.07) is 10.9. The molecule has 2 atom stereocenters. The molecule has 2 bridgehead atoms. The minimum absolute atomic E-state index is 0.0761. The van der Waals surface area contributed by atoms with Gasteiger partial charge in [-0.1, -0.05) is 42.9 Å². The maximum absolute atomic E-state index is 12.1. The zero-order valence-electron chi connectivity index (χ0n) is 19.4. The smallest absolute Gasteiger partial charge is 0.338 e. The quantitative estimate of drug-likeness (QED) is 0.370. The van der Waals surface area contributed by atoms with Crippen LogP contribution in [0, 0.1) is 5.92 Å². The predicted molar refractivity (Wildman–Crippen MR) is 133 cm³/mol. The second-order valence-corrected chi connectivity index (χ2v) is 8.72. The molecule has 1 heterocycles. The lowest BCUT2D eigenvalue weighted by Crippen LogP contribution is -2.40. The molecule has 0 saturated carbocycles. The molecule has 5 nitrogen and oxygen atoms in total. The number of carbonyl (C=O) groups excluding carboxylic acids is 1. The Morgan fingerprint density at radius 2 is 2.15 bits per heavy atom. The van der Waals surface area contributed by atoms with E-state index in [4.69, 9.17) is 9.73 Å². The van der Waals surface area contributed by atoms with Crippen molar-refractivity contribution in [1.29, 1.82) is 0 Å². The van der Waals surface area contributed by atoms with Crippen molar-refractivity contribution in [3.63, 3.8) is 0 Å². The maximum atomic E-state index is 12.1. The first-order valence-electron chi connectivity index (χ1n) is 11.5. The number of esters is 1. The molecule has 1 aromatic heterocycles. The molecular weight excluding hydrogens is 412 g/mol. The number of rotatable bonds is 6. The standard InChI is InChI=1S/C28H30N2O3/c1-4-14-33-27(32)21-10-6-8-20(16-21)9-7-13-29-28-18-19(3)15-22(23(28)5-2)17-25-24(28)11-12-26(31)30-25/h5-13,15-16,22H,4,14,17-18H2,1-3H3,(H,30,31)/b9-7+,23-5+,29-13?/t22-,28+/m0/s1. The summed E-state index contributed by atoms with van der Waals surface area (Å²) in [4.78, 5) is 32.2. The van der Waals surface area contributed by atoms with Gasteiger partial charge in [0.25, 0.3) is 0 Å². The lowest BCUT2D eigenvalue weighted by Gasteiger charge is -2.45. The molecule has 2 aromatic rings. The molecule has 0 aliphatic heterocycles. The zero-order valence-corrected chi connectivity index (χ0v) is 19.4. The van der Waals surface area contributed by atoms with E-state index in [0.717, 1.165) is 36.1 Å². The molecule has 4 rings (SSSR count). The molecule has 0 radical (unpaired) electrons. The average Bonchev–Trinajstić information content (AvgIpc) is 2.80. The van der Waals surface area contributed by atoms with Gasteiger partial charge in [-0.3, -0.25) is 9.79 Å². The Morgan fingerprint density at radius 3 is 2.94 bits per heavy atom. The highest BCUT2D eigenvalue weighted by Gasteiger charge is 2.46. The number of carbonyl (C=O) groups is 1. The van der Waals surface area contributed by atoms with Crippen molar-refractivity contribution in [3.8, 4) is 0 Å². The van der Waals surface area contributed by atoms with Crippen LogP contribution in [0.15, 0.2) is 75.6 Å². The van der Waals surface area contributed by atoms with Crippen molar-refractivity contribution in [2.24, 2.45) is 10.9 Å². The van der Waals surface area contributed by atoms with Crippen LogP contribution in [0.5, 0.6) is 0 Å². The lowest BCUT2D eigenvalue weighted by molar-refractivity contribution is 0.0505. The van der Waals surface area contributed by atoms with Crippen molar-refractivity contribution >= 4 is 18.3 Å². The molecule has 5 heteroatoms. The highest BCUT2D eigenvalue weighted by atomic mass is 16.5. The van der Waals surface area contributed by atoms with Crippen LogP contribution in [0.25, 0.3) is 6.08 Å². The fourth-order valence-electron chi connectivity index (χ4n) is 5.02. The number of aliphatic imine (C=N–C) groups is 1. The third-order valence-electron chi connectivity index (χ3n) is 6.31. The second kappa shape index (κ2) is 9.57. The van der Waals surface area contributed by atoms with E-state index in [1.807, 2.05) is 49.6 Å². The topological polar surface area (TPSA) is 71.5 Å². The van der Waals surface area contributed by atoms with Crippen molar-refractivity contribution < 1.29 is 9.53 Å². The monoisotopic (exact) mass is 442 g/mol. The van der Waals surface area contributed by atoms with Crippen LogP contribution in [0.1, 0.15) is 60.8 Å². The van der Waals surface area contributed by atoms with Crippen LogP contribution in [0.2, 0.25) is 0 Å². The summed E-state index contributed by atoms with van der Waals surface area (Å²) in [5.41, 5.74) is 5.49. The molecule has 0 fully saturated rings. The Hall–Kier alpha value is -3.47. The summed E-state index contributed by atoms with van der Waals surface area (Å²) in [6.07, 6.45) is 12.5. The molecule has 0 amide bonds. The lowest BCUT2D eigenvalue weighted by atomic mass is 9.63. The summed E-state index contributed by atoms with van der Waals surface area (Å²) in [5.74, 6) is -0.0676. The van der Waals surface area contributed by atoms with Crippen molar-refractivity contribution in [2.75, 3.05) is 6.61 Å². The normalized spacial score (nSPS) is 23.1. The number of aromatic amines is 1. The van der Waals surface area contributed by atoms with Crippen molar-refractivity contribution in [1.82, 2.24) is 4.98 Å². The highest BCUT2D eigenvalue weighted by molar-refractivity contribution is 5.90. The molecule has 1 aromatic carbocycles. The summed E-state index contributed by atoms with van der Waals surface area (Å²) in [7, 11) is 0. The Bertz CT molecular complexity index is 1230. The number of ether oxygens (including phenoxy) is 1. The molecule has 2 aliphatic carbocycles. The number of nitrogens with one attached hydrogen (secondary N) is 1. The molecule has 2 aliphatic rings. The van der Waals surface area contributed by atoms with Crippen LogP contribution in [-0.2, 0) is 16.7 Å². The Morgan fingerprint density at radius 1 is 1.30 bits per heavy atom. The summed E-state index contributed by atoms with van der Waals surface area (Å²) >= 11 is 0. The number of allylic oxidation sites excluding steroid dienone is 3. The van der Waals surface area contributed by atoms with Crippen LogP contribution in [0.4, 0.5) is 0 Å². The van der Waals surface area contributed by atoms with E-state index in [0.29, 0.717) is 12.2 Å². The van der Waals surface area contributed by atoms with Crippen LogP contribution in [0.3, 0.4) is 0 Å². The van der Waals surface area contributed by atoms with Gasteiger partial charge in [0.15, 0.2) is 0 Å². The van der Waals surface area contributed by atoms with E-state index >= 15 is 0 Å².